The van der Waals surface area contributed by atoms with E-state index in [4.69, 9.17) is 6.42 Å². The van der Waals surface area contributed by atoms with Gasteiger partial charge in [-0.3, -0.25) is 9.59 Å². The van der Waals surface area contributed by atoms with Gasteiger partial charge in [0.1, 0.15) is 6.04 Å². The van der Waals surface area contributed by atoms with Gasteiger partial charge in [-0.25, -0.2) is 8.42 Å². The summed E-state index contributed by atoms with van der Waals surface area (Å²) in [6.07, 6.45) is 7.79. The number of nitrogens with zero attached hydrogens (tertiary/aromatic N) is 1. The number of hydrogen-bond donors (Lipinski definition) is 2. The van der Waals surface area contributed by atoms with Crippen LogP contribution in [0.2, 0.25) is 0 Å². The fourth-order valence-corrected chi connectivity index (χ4v) is 4.80. The Morgan fingerprint density at radius 1 is 1.33 bits per heavy atom. The monoisotopic (exact) mass is 391 g/mol. The van der Waals surface area contributed by atoms with Gasteiger partial charge in [-0.2, -0.15) is 4.31 Å². The van der Waals surface area contributed by atoms with Crippen LogP contribution in [0, 0.1) is 12.3 Å². The molecule has 1 atom stereocenters. The summed E-state index contributed by atoms with van der Waals surface area (Å²) in [4.78, 5) is 24.6. The standard InChI is InChI=1S/C19H25N3O4S/c1-3-12-27(25,26)22-11-6-5-10-17(22)19(24)20-14-18(23)21-16-9-7-8-15(4-2)13-16/h2,7-9,13,17H,3,5-6,10-12,14H2,1H3,(H,20,24)(H,21,23). The first kappa shape index (κ1) is 20.9. The van der Waals surface area contributed by atoms with Crippen molar-refractivity contribution in [3.63, 3.8) is 0 Å². The highest BCUT2D eigenvalue weighted by Crippen LogP contribution is 2.21. The van der Waals surface area contributed by atoms with E-state index in [1.54, 1.807) is 31.2 Å². The Balaban J connectivity index is 1.94. The van der Waals surface area contributed by atoms with Gasteiger partial charge in [-0.05, 0) is 37.5 Å². The second kappa shape index (κ2) is 9.53. The highest BCUT2D eigenvalue weighted by atomic mass is 32.2. The fraction of sp³-hybridized carbons (Fsp3) is 0.474. The van der Waals surface area contributed by atoms with Gasteiger partial charge >= 0.3 is 0 Å². The molecule has 1 aliphatic heterocycles. The Morgan fingerprint density at radius 2 is 2.11 bits per heavy atom. The average Bonchev–Trinajstić information content (AvgIpc) is 2.66. The Bertz CT molecular complexity index is 830. The van der Waals surface area contributed by atoms with E-state index in [1.165, 1.54) is 4.31 Å². The zero-order valence-corrected chi connectivity index (χ0v) is 16.2. The topological polar surface area (TPSA) is 95.6 Å². The van der Waals surface area contributed by atoms with Crippen LogP contribution >= 0.6 is 0 Å². The summed E-state index contributed by atoms with van der Waals surface area (Å²) in [5.74, 6) is 1.65. The quantitative estimate of drug-likeness (QED) is 0.685. The molecule has 1 heterocycles. The maximum atomic E-state index is 12.5. The van der Waals surface area contributed by atoms with Gasteiger partial charge in [0.15, 0.2) is 0 Å². The van der Waals surface area contributed by atoms with E-state index >= 15 is 0 Å². The van der Waals surface area contributed by atoms with Crippen LogP contribution in [-0.2, 0) is 19.6 Å². The summed E-state index contributed by atoms with van der Waals surface area (Å²) in [5.41, 5.74) is 1.17. The van der Waals surface area contributed by atoms with Gasteiger partial charge in [0.25, 0.3) is 0 Å². The first-order chi connectivity index (χ1) is 12.9. The molecule has 1 aliphatic rings. The largest absolute Gasteiger partial charge is 0.346 e. The molecule has 0 spiro atoms. The average molecular weight is 391 g/mol. The molecule has 0 aliphatic carbocycles. The van der Waals surface area contributed by atoms with Crippen molar-refractivity contribution in [1.82, 2.24) is 9.62 Å². The minimum Gasteiger partial charge on any atom is -0.346 e. The van der Waals surface area contributed by atoms with E-state index < -0.39 is 27.9 Å². The molecule has 2 N–H and O–H groups in total. The highest BCUT2D eigenvalue weighted by molar-refractivity contribution is 7.89. The smallest absolute Gasteiger partial charge is 0.243 e. The van der Waals surface area contributed by atoms with Crippen LogP contribution in [-0.4, -0.2) is 49.4 Å². The normalized spacial score (nSPS) is 17.7. The zero-order valence-electron chi connectivity index (χ0n) is 15.4. The van der Waals surface area contributed by atoms with Crippen molar-refractivity contribution in [2.24, 2.45) is 0 Å². The SMILES string of the molecule is C#Cc1cccc(NC(=O)CNC(=O)C2CCCCN2S(=O)(=O)CCC)c1. The number of carbonyl (C=O) groups is 2. The summed E-state index contributed by atoms with van der Waals surface area (Å²) >= 11 is 0. The Labute approximate surface area is 160 Å². The van der Waals surface area contributed by atoms with Crippen molar-refractivity contribution < 1.29 is 18.0 Å². The molecular formula is C19H25N3O4S. The summed E-state index contributed by atoms with van der Waals surface area (Å²) in [5, 5.41) is 5.20. The van der Waals surface area contributed by atoms with Crippen molar-refractivity contribution in [3.8, 4) is 12.3 Å². The molecule has 2 amide bonds. The predicted molar refractivity (Wildman–Crippen MR) is 104 cm³/mol. The maximum absolute atomic E-state index is 12.5. The fourth-order valence-electron chi connectivity index (χ4n) is 3.05. The van der Waals surface area contributed by atoms with Crippen LogP contribution in [0.4, 0.5) is 5.69 Å². The number of rotatable bonds is 7. The van der Waals surface area contributed by atoms with Gasteiger partial charge in [0.2, 0.25) is 21.8 Å². The first-order valence-electron chi connectivity index (χ1n) is 9.01. The number of nitrogens with one attached hydrogen (secondary N) is 2. The van der Waals surface area contributed by atoms with Crippen molar-refractivity contribution in [3.05, 3.63) is 29.8 Å². The molecule has 1 aromatic rings. The Morgan fingerprint density at radius 3 is 2.81 bits per heavy atom. The minimum atomic E-state index is -3.47. The van der Waals surface area contributed by atoms with E-state index in [0.717, 1.165) is 12.8 Å². The lowest BCUT2D eigenvalue weighted by atomic mass is 10.0. The third-order valence-electron chi connectivity index (χ3n) is 4.31. The van der Waals surface area contributed by atoms with Crippen LogP contribution in [0.25, 0.3) is 0 Å². The summed E-state index contributed by atoms with van der Waals surface area (Å²) in [6, 6.07) is 6.06. The molecule has 1 aromatic carbocycles. The number of terminal acetylenes is 1. The highest BCUT2D eigenvalue weighted by Gasteiger charge is 2.36. The van der Waals surface area contributed by atoms with Crippen LogP contribution < -0.4 is 10.6 Å². The lowest BCUT2D eigenvalue weighted by molar-refractivity contribution is -0.127. The maximum Gasteiger partial charge on any atom is 0.243 e. The molecule has 1 fully saturated rings. The van der Waals surface area contributed by atoms with Crippen molar-refractivity contribution in [2.75, 3.05) is 24.2 Å². The molecule has 0 radical (unpaired) electrons. The van der Waals surface area contributed by atoms with Crippen molar-refractivity contribution in [2.45, 2.75) is 38.6 Å². The molecule has 27 heavy (non-hydrogen) atoms. The van der Waals surface area contributed by atoms with Gasteiger partial charge in [-0.15, -0.1) is 6.42 Å². The number of piperidine rings is 1. The number of anilines is 1. The Kier molecular flexibility index (Phi) is 7.39. The van der Waals surface area contributed by atoms with E-state index in [1.807, 2.05) is 0 Å². The van der Waals surface area contributed by atoms with Gasteiger partial charge in [0, 0.05) is 17.8 Å². The number of amides is 2. The lowest BCUT2D eigenvalue weighted by Crippen LogP contribution is -2.53. The van der Waals surface area contributed by atoms with Gasteiger partial charge in [-0.1, -0.05) is 25.3 Å². The second-order valence-corrected chi connectivity index (χ2v) is 8.47. The summed E-state index contributed by atoms with van der Waals surface area (Å²) in [6.45, 7) is 1.89. The molecule has 0 saturated carbocycles. The summed E-state index contributed by atoms with van der Waals surface area (Å²) < 4.78 is 26.1. The molecular weight excluding hydrogens is 366 g/mol. The second-order valence-electron chi connectivity index (χ2n) is 6.43. The van der Waals surface area contributed by atoms with Crippen LogP contribution in [0.3, 0.4) is 0 Å². The van der Waals surface area contributed by atoms with Crippen molar-refractivity contribution in [1.29, 1.82) is 0 Å². The molecule has 0 aromatic heterocycles. The minimum absolute atomic E-state index is 0.0167. The van der Waals surface area contributed by atoms with Crippen molar-refractivity contribution >= 4 is 27.5 Å². The van der Waals surface area contributed by atoms with Crippen LogP contribution in [0.5, 0.6) is 0 Å². The first-order valence-corrected chi connectivity index (χ1v) is 10.6. The molecule has 8 heteroatoms. The van der Waals surface area contributed by atoms with E-state index in [9.17, 15) is 18.0 Å². The number of hydrogen-bond acceptors (Lipinski definition) is 4. The van der Waals surface area contributed by atoms with E-state index in [0.29, 0.717) is 30.6 Å². The third kappa shape index (κ3) is 5.81. The number of sulfonamides is 1. The molecule has 2 rings (SSSR count). The molecule has 7 nitrogen and oxygen atoms in total. The van der Waals surface area contributed by atoms with Gasteiger partial charge < -0.3 is 10.6 Å². The zero-order chi connectivity index (χ0) is 19.9. The Hall–Kier alpha value is -2.37. The molecule has 1 unspecified atom stereocenters. The molecule has 146 valence electrons. The molecule has 1 saturated heterocycles. The number of benzene rings is 1. The third-order valence-corrected chi connectivity index (χ3v) is 6.39. The van der Waals surface area contributed by atoms with E-state index in [-0.39, 0.29) is 12.3 Å². The van der Waals surface area contributed by atoms with Crippen LogP contribution in [0.15, 0.2) is 24.3 Å². The van der Waals surface area contributed by atoms with E-state index in [2.05, 4.69) is 16.6 Å². The molecule has 0 bridgehead atoms. The van der Waals surface area contributed by atoms with Gasteiger partial charge in [0.05, 0.1) is 12.3 Å². The van der Waals surface area contributed by atoms with Crippen LogP contribution in [0.1, 0.15) is 38.2 Å². The summed E-state index contributed by atoms with van der Waals surface area (Å²) in [7, 11) is -3.47. The lowest BCUT2D eigenvalue weighted by Gasteiger charge is -2.33. The predicted octanol–water partition coefficient (Wildman–Crippen LogP) is 1.32. The number of carbonyl (C=O) groups excluding carboxylic acids is 2.